The third kappa shape index (κ3) is 5.22. The first kappa shape index (κ1) is 18.8. The molecule has 1 heterocycles. The highest BCUT2D eigenvalue weighted by Crippen LogP contribution is 2.15. The van der Waals surface area contributed by atoms with E-state index in [1.165, 1.54) is 0 Å². The van der Waals surface area contributed by atoms with E-state index in [-0.39, 0.29) is 18.3 Å². The van der Waals surface area contributed by atoms with Gasteiger partial charge in [0.1, 0.15) is 0 Å². The van der Waals surface area contributed by atoms with Crippen LogP contribution in [0.3, 0.4) is 0 Å². The van der Waals surface area contributed by atoms with E-state index in [1.54, 1.807) is 12.1 Å². The van der Waals surface area contributed by atoms with Crippen LogP contribution in [-0.2, 0) is 6.54 Å². The van der Waals surface area contributed by atoms with Crippen molar-refractivity contribution in [3.05, 3.63) is 65.7 Å². The second-order valence-corrected chi connectivity index (χ2v) is 5.88. The van der Waals surface area contributed by atoms with E-state index in [9.17, 15) is 4.79 Å². The summed E-state index contributed by atoms with van der Waals surface area (Å²) in [5.74, 6) is 0.454. The number of hydrogen-bond acceptors (Lipinski definition) is 2. The first-order valence-corrected chi connectivity index (χ1v) is 8.24. The number of benzene rings is 2. The van der Waals surface area contributed by atoms with E-state index in [1.807, 2.05) is 42.5 Å². The molecule has 1 amide bonds. The summed E-state index contributed by atoms with van der Waals surface area (Å²) >= 11 is 0. The number of rotatable bonds is 4. The van der Waals surface area contributed by atoms with Crippen LogP contribution in [0.5, 0.6) is 0 Å². The Morgan fingerprint density at radius 1 is 1.04 bits per heavy atom. The lowest BCUT2D eigenvalue weighted by Crippen LogP contribution is -2.34. The van der Waals surface area contributed by atoms with E-state index < -0.39 is 0 Å². The molecule has 5 nitrogen and oxygen atoms in total. The Labute approximate surface area is 154 Å². The van der Waals surface area contributed by atoms with Crippen LogP contribution in [0.25, 0.3) is 0 Å². The van der Waals surface area contributed by atoms with Crippen LogP contribution in [0.1, 0.15) is 28.8 Å². The molecule has 0 atom stereocenters. The molecular formula is C19H23ClN4O. The second kappa shape index (κ2) is 9.08. The molecule has 3 N–H and O–H groups in total. The van der Waals surface area contributed by atoms with Crippen molar-refractivity contribution in [1.82, 2.24) is 10.2 Å². The molecule has 1 aliphatic rings. The largest absolute Gasteiger partial charge is 0.369 e. The van der Waals surface area contributed by atoms with Gasteiger partial charge in [-0.15, -0.1) is 12.4 Å². The van der Waals surface area contributed by atoms with Crippen LogP contribution < -0.4 is 11.1 Å². The van der Waals surface area contributed by atoms with Crippen molar-refractivity contribution in [3.8, 4) is 0 Å². The number of halogens is 1. The molecule has 6 heteroatoms. The average molecular weight is 359 g/mol. The van der Waals surface area contributed by atoms with Gasteiger partial charge in [-0.25, -0.2) is 4.99 Å². The fourth-order valence-electron chi connectivity index (χ4n) is 2.72. The van der Waals surface area contributed by atoms with Gasteiger partial charge in [0.2, 0.25) is 0 Å². The zero-order valence-corrected chi connectivity index (χ0v) is 14.8. The molecule has 0 radical (unpaired) electrons. The molecule has 25 heavy (non-hydrogen) atoms. The molecule has 0 unspecified atom stereocenters. The fourth-order valence-corrected chi connectivity index (χ4v) is 2.72. The summed E-state index contributed by atoms with van der Waals surface area (Å²) in [6.45, 7) is 2.45. The first-order chi connectivity index (χ1) is 11.7. The molecule has 1 fully saturated rings. The Morgan fingerprint density at radius 3 is 2.32 bits per heavy atom. The molecule has 1 saturated heterocycles. The van der Waals surface area contributed by atoms with E-state index in [0.717, 1.165) is 37.2 Å². The lowest BCUT2D eigenvalue weighted by molar-refractivity contribution is 0.0951. The number of nitrogens with zero attached hydrogens (tertiary/aromatic N) is 2. The lowest BCUT2D eigenvalue weighted by Gasteiger charge is -2.15. The standard InChI is InChI=1S/C19H22N4O.ClH/c20-19(23-12-4-5-13-23)22-17-10-8-16(9-11-17)18(24)21-14-15-6-2-1-3-7-15;/h1-3,6-11H,4-5,12-14H2,(H2,20,22)(H,21,24);1H. The van der Waals surface area contributed by atoms with Crippen molar-refractivity contribution in [2.24, 2.45) is 10.7 Å². The molecule has 0 bridgehead atoms. The Morgan fingerprint density at radius 2 is 1.68 bits per heavy atom. The van der Waals surface area contributed by atoms with Crippen LogP contribution in [-0.4, -0.2) is 29.9 Å². The number of carbonyl (C=O) groups is 1. The molecule has 132 valence electrons. The SMILES string of the molecule is Cl.NC(=Nc1ccc(C(=O)NCc2ccccc2)cc1)N1CCCC1. The predicted molar refractivity (Wildman–Crippen MR) is 103 cm³/mol. The van der Waals surface area contributed by atoms with E-state index in [4.69, 9.17) is 5.73 Å². The average Bonchev–Trinajstić information content (AvgIpc) is 3.16. The highest BCUT2D eigenvalue weighted by molar-refractivity contribution is 5.94. The number of nitrogens with two attached hydrogens (primary N) is 1. The fraction of sp³-hybridized carbons (Fsp3) is 0.263. The maximum atomic E-state index is 12.2. The highest BCUT2D eigenvalue weighted by atomic mass is 35.5. The van der Waals surface area contributed by atoms with Gasteiger partial charge in [-0.2, -0.15) is 0 Å². The zero-order valence-electron chi connectivity index (χ0n) is 14.0. The summed E-state index contributed by atoms with van der Waals surface area (Å²) in [6, 6.07) is 17.0. The third-order valence-electron chi connectivity index (χ3n) is 4.10. The summed E-state index contributed by atoms with van der Waals surface area (Å²) in [5, 5.41) is 2.91. The van der Waals surface area contributed by atoms with E-state index in [2.05, 4.69) is 15.2 Å². The monoisotopic (exact) mass is 358 g/mol. The van der Waals surface area contributed by atoms with Crippen molar-refractivity contribution in [3.63, 3.8) is 0 Å². The minimum Gasteiger partial charge on any atom is -0.369 e. The Bertz CT molecular complexity index is 710. The summed E-state index contributed by atoms with van der Waals surface area (Å²) in [4.78, 5) is 18.7. The Balaban J connectivity index is 0.00000225. The van der Waals surface area contributed by atoms with Crippen LogP contribution in [0, 0.1) is 0 Å². The molecule has 0 saturated carbocycles. The number of likely N-dealkylation sites (tertiary alicyclic amines) is 1. The van der Waals surface area contributed by atoms with Crippen molar-refractivity contribution in [2.45, 2.75) is 19.4 Å². The van der Waals surface area contributed by atoms with Gasteiger partial charge in [0, 0.05) is 25.2 Å². The van der Waals surface area contributed by atoms with Gasteiger partial charge in [-0.05, 0) is 42.7 Å². The number of hydrogen-bond donors (Lipinski definition) is 2. The van der Waals surface area contributed by atoms with Gasteiger partial charge in [0.05, 0.1) is 5.69 Å². The van der Waals surface area contributed by atoms with Crippen molar-refractivity contribution < 1.29 is 4.79 Å². The maximum Gasteiger partial charge on any atom is 0.251 e. The number of aliphatic imine (C=N–C) groups is 1. The van der Waals surface area contributed by atoms with Crippen LogP contribution in [0.4, 0.5) is 5.69 Å². The molecule has 1 aliphatic heterocycles. The van der Waals surface area contributed by atoms with Crippen LogP contribution in [0.15, 0.2) is 59.6 Å². The van der Waals surface area contributed by atoms with Gasteiger partial charge in [-0.3, -0.25) is 4.79 Å². The second-order valence-electron chi connectivity index (χ2n) is 5.88. The molecule has 2 aromatic rings. The molecular weight excluding hydrogens is 336 g/mol. The van der Waals surface area contributed by atoms with Crippen molar-refractivity contribution in [1.29, 1.82) is 0 Å². The van der Waals surface area contributed by atoms with Crippen molar-refractivity contribution >= 4 is 30.0 Å². The lowest BCUT2D eigenvalue weighted by atomic mass is 10.2. The first-order valence-electron chi connectivity index (χ1n) is 8.24. The highest BCUT2D eigenvalue weighted by Gasteiger charge is 2.13. The smallest absolute Gasteiger partial charge is 0.251 e. The van der Waals surface area contributed by atoms with Crippen molar-refractivity contribution in [2.75, 3.05) is 13.1 Å². The molecule has 0 aliphatic carbocycles. The Kier molecular flexibility index (Phi) is 6.83. The van der Waals surface area contributed by atoms with Gasteiger partial charge >= 0.3 is 0 Å². The van der Waals surface area contributed by atoms with Crippen LogP contribution in [0.2, 0.25) is 0 Å². The quantitative estimate of drug-likeness (QED) is 0.651. The number of carbonyl (C=O) groups excluding carboxylic acids is 1. The molecule has 0 aromatic heterocycles. The van der Waals surface area contributed by atoms with Gasteiger partial charge in [-0.1, -0.05) is 30.3 Å². The minimum absolute atomic E-state index is 0. The van der Waals surface area contributed by atoms with Crippen LogP contribution >= 0.6 is 12.4 Å². The number of nitrogens with one attached hydrogen (secondary N) is 1. The normalized spacial score (nSPS) is 14.1. The topological polar surface area (TPSA) is 70.7 Å². The molecule has 0 spiro atoms. The summed E-state index contributed by atoms with van der Waals surface area (Å²) in [6.07, 6.45) is 2.33. The predicted octanol–water partition coefficient (Wildman–Crippen LogP) is 3.08. The van der Waals surface area contributed by atoms with Gasteiger partial charge in [0.15, 0.2) is 5.96 Å². The zero-order chi connectivity index (χ0) is 16.8. The molecule has 3 rings (SSSR count). The maximum absolute atomic E-state index is 12.2. The van der Waals surface area contributed by atoms with Gasteiger partial charge < -0.3 is 16.0 Å². The van der Waals surface area contributed by atoms with E-state index in [0.29, 0.717) is 18.1 Å². The summed E-state index contributed by atoms with van der Waals surface area (Å²) in [5.41, 5.74) is 8.47. The summed E-state index contributed by atoms with van der Waals surface area (Å²) in [7, 11) is 0. The Hall–Kier alpha value is -2.53. The minimum atomic E-state index is -0.0955. The van der Waals surface area contributed by atoms with E-state index >= 15 is 0 Å². The summed E-state index contributed by atoms with van der Waals surface area (Å²) < 4.78 is 0. The number of guanidine groups is 1. The molecule has 2 aromatic carbocycles. The van der Waals surface area contributed by atoms with Gasteiger partial charge in [0.25, 0.3) is 5.91 Å². The third-order valence-corrected chi connectivity index (χ3v) is 4.10. The number of amides is 1.